The zero-order valence-electron chi connectivity index (χ0n) is 11.2. The highest BCUT2D eigenvalue weighted by Gasteiger charge is 2.29. The third kappa shape index (κ3) is 3.67. The number of primary amides is 1. The van der Waals surface area contributed by atoms with Gasteiger partial charge in [-0.05, 0) is 28.4 Å². The molecule has 0 aromatic heterocycles. The van der Waals surface area contributed by atoms with Gasteiger partial charge in [0.2, 0.25) is 5.91 Å². The molecule has 1 rings (SSSR count). The zero-order valence-corrected chi connectivity index (χ0v) is 12.8. The third-order valence-corrected chi connectivity index (χ3v) is 3.68. The minimum absolute atomic E-state index is 0.302. The van der Waals surface area contributed by atoms with Crippen LogP contribution in [0, 0.1) is 11.2 Å². The molecule has 0 radical (unpaired) electrons. The van der Waals surface area contributed by atoms with Crippen LogP contribution in [0.15, 0.2) is 16.6 Å². The quantitative estimate of drug-likeness (QED) is 0.869. The molecule has 0 fully saturated rings. The summed E-state index contributed by atoms with van der Waals surface area (Å²) in [6.45, 7) is 3.44. The van der Waals surface area contributed by atoms with Crippen molar-refractivity contribution in [2.24, 2.45) is 16.9 Å². The first kappa shape index (κ1) is 15.9. The van der Waals surface area contributed by atoms with E-state index in [1.807, 2.05) is 0 Å². The van der Waals surface area contributed by atoms with Crippen molar-refractivity contribution in [3.8, 4) is 5.75 Å². The molecular weight excluding hydrogens is 315 g/mol. The average Bonchev–Trinajstić information content (AvgIpc) is 2.31. The number of hydrogen-bond donors (Lipinski definition) is 2. The van der Waals surface area contributed by atoms with Crippen LogP contribution in [0.1, 0.15) is 31.9 Å². The van der Waals surface area contributed by atoms with E-state index in [1.165, 1.54) is 13.2 Å². The van der Waals surface area contributed by atoms with E-state index in [2.05, 4.69) is 15.9 Å². The summed E-state index contributed by atoms with van der Waals surface area (Å²) in [6.07, 6.45) is 0.344. The smallest absolute Gasteiger partial charge is 0.223 e. The van der Waals surface area contributed by atoms with Gasteiger partial charge in [0.1, 0.15) is 11.6 Å². The number of benzene rings is 1. The van der Waals surface area contributed by atoms with Gasteiger partial charge in [-0.3, -0.25) is 4.79 Å². The van der Waals surface area contributed by atoms with Gasteiger partial charge >= 0.3 is 0 Å². The number of carbonyl (C=O) groups excluding carboxylic acids is 1. The van der Waals surface area contributed by atoms with Crippen LogP contribution < -0.4 is 16.2 Å². The molecule has 0 saturated heterocycles. The standard InChI is InChI=1S/C13H18BrFN2O2/c1-13(2,12(17)18)6-10(16)7-4-8(14)9(15)5-11(7)19-3/h4-5,10H,6,16H2,1-3H3,(H2,17,18). The highest BCUT2D eigenvalue weighted by atomic mass is 79.9. The normalized spacial score (nSPS) is 13.2. The van der Waals surface area contributed by atoms with Gasteiger partial charge in [-0.25, -0.2) is 4.39 Å². The lowest BCUT2D eigenvalue weighted by Gasteiger charge is -2.25. The van der Waals surface area contributed by atoms with Gasteiger partial charge in [-0.15, -0.1) is 0 Å². The Morgan fingerprint density at radius 3 is 2.58 bits per heavy atom. The summed E-state index contributed by atoms with van der Waals surface area (Å²) in [5.41, 5.74) is 11.3. The zero-order chi connectivity index (χ0) is 14.8. The predicted molar refractivity (Wildman–Crippen MR) is 75.2 cm³/mol. The lowest BCUT2D eigenvalue weighted by Crippen LogP contribution is -2.34. The highest BCUT2D eigenvalue weighted by Crippen LogP contribution is 2.35. The Labute approximate surface area is 120 Å². The van der Waals surface area contributed by atoms with Crippen LogP contribution in [-0.2, 0) is 4.79 Å². The second-order valence-corrected chi connectivity index (χ2v) is 5.92. The van der Waals surface area contributed by atoms with Gasteiger partial charge in [0.25, 0.3) is 0 Å². The van der Waals surface area contributed by atoms with Crippen LogP contribution in [-0.4, -0.2) is 13.0 Å². The second-order valence-electron chi connectivity index (χ2n) is 5.07. The molecule has 0 aliphatic heterocycles. The fourth-order valence-electron chi connectivity index (χ4n) is 1.77. The van der Waals surface area contributed by atoms with E-state index in [0.717, 1.165) is 0 Å². The van der Waals surface area contributed by atoms with Crippen LogP contribution in [0.25, 0.3) is 0 Å². The van der Waals surface area contributed by atoms with E-state index in [4.69, 9.17) is 16.2 Å². The van der Waals surface area contributed by atoms with E-state index >= 15 is 0 Å². The molecule has 1 aromatic rings. The number of carbonyl (C=O) groups is 1. The maximum absolute atomic E-state index is 13.4. The summed E-state index contributed by atoms with van der Waals surface area (Å²) in [5.74, 6) is -0.501. The summed E-state index contributed by atoms with van der Waals surface area (Å²) in [5, 5.41) is 0. The minimum atomic E-state index is -0.745. The summed E-state index contributed by atoms with van der Waals surface area (Å²) in [4.78, 5) is 11.3. The third-order valence-electron chi connectivity index (χ3n) is 3.07. The van der Waals surface area contributed by atoms with E-state index in [-0.39, 0.29) is 0 Å². The maximum atomic E-state index is 13.4. The molecule has 0 spiro atoms. The van der Waals surface area contributed by atoms with E-state index < -0.39 is 23.2 Å². The lowest BCUT2D eigenvalue weighted by atomic mass is 9.83. The first-order chi connectivity index (χ1) is 8.69. The second kappa shape index (κ2) is 5.88. The van der Waals surface area contributed by atoms with Crippen molar-refractivity contribution < 1.29 is 13.9 Å². The van der Waals surface area contributed by atoms with E-state index in [0.29, 0.717) is 22.2 Å². The largest absolute Gasteiger partial charge is 0.496 e. The Bertz CT molecular complexity index is 492. The predicted octanol–water partition coefficient (Wildman–Crippen LogP) is 2.50. The molecule has 106 valence electrons. The van der Waals surface area contributed by atoms with Gasteiger partial charge < -0.3 is 16.2 Å². The summed E-state index contributed by atoms with van der Waals surface area (Å²) in [6, 6.07) is 2.35. The molecule has 4 N–H and O–H groups in total. The summed E-state index contributed by atoms with van der Waals surface area (Å²) in [7, 11) is 1.44. The Morgan fingerprint density at radius 2 is 2.11 bits per heavy atom. The Balaban J connectivity index is 3.09. The number of ether oxygens (including phenoxy) is 1. The average molecular weight is 333 g/mol. The van der Waals surface area contributed by atoms with Crippen molar-refractivity contribution in [3.05, 3.63) is 28.0 Å². The van der Waals surface area contributed by atoms with Gasteiger partial charge in [0.05, 0.1) is 11.6 Å². The van der Waals surface area contributed by atoms with Crippen LogP contribution in [0.4, 0.5) is 4.39 Å². The molecule has 0 heterocycles. The minimum Gasteiger partial charge on any atom is -0.496 e. The van der Waals surface area contributed by atoms with Gasteiger partial charge in [-0.1, -0.05) is 13.8 Å². The summed E-state index contributed by atoms with van der Waals surface area (Å²) >= 11 is 3.11. The maximum Gasteiger partial charge on any atom is 0.223 e. The van der Waals surface area contributed by atoms with Crippen molar-refractivity contribution >= 4 is 21.8 Å². The van der Waals surface area contributed by atoms with Crippen LogP contribution in [0.5, 0.6) is 5.75 Å². The molecule has 1 atom stereocenters. The summed E-state index contributed by atoms with van der Waals surface area (Å²) < 4.78 is 18.9. The molecule has 0 saturated carbocycles. The first-order valence-corrected chi connectivity index (χ1v) is 6.56. The molecule has 1 amide bonds. The first-order valence-electron chi connectivity index (χ1n) is 5.77. The molecular formula is C13H18BrFN2O2. The van der Waals surface area contributed by atoms with Crippen LogP contribution in [0.3, 0.4) is 0 Å². The molecule has 0 aliphatic carbocycles. The van der Waals surface area contributed by atoms with Gasteiger partial charge in [0, 0.05) is 23.1 Å². The van der Waals surface area contributed by atoms with Crippen molar-refractivity contribution in [1.29, 1.82) is 0 Å². The monoisotopic (exact) mass is 332 g/mol. The van der Waals surface area contributed by atoms with Crippen molar-refractivity contribution in [2.45, 2.75) is 26.3 Å². The number of rotatable bonds is 5. The molecule has 4 nitrogen and oxygen atoms in total. The lowest BCUT2D eigenvalue weighted by molar-refractivity contribution is -0.126. The molecule has 19 heavy (non-hydrogen) atoms. The Hall–Kier alpha value is -1.14. The number of halogens is 2. The van der Waals surface area contributed by atoms with Crippen LogP contribution in [0.2, 0.25) is 0 Å². The fourth-order valence-corrected chi connectivity index (χ4v) is 2.13. The number of nitrogens with two attached hydrogens (primary N) is 2. The number of hydrogen-bond acceptors (Lipinski definition) is 3. The molecule has 1 aromatic carbocycles. The van der Waals surface area contributed by atoms with Crippen molar-refractivity contribution in [1.82, 2.24) is 0 Å². The molecule has 1 unspecified atom stereocenters. The van der Waals surface area contributed by atoms with Crippen LogP contribution >= 0.6 is 15.9 Å². The van der Waals surface area contributed by atoms with E-state index in [9.17, 15) is 9.18 Å². The molecule has 0 bridgehead atoms. The topological polar surface area (TPSA) is 78.3 Å². The number of amides is 1. The fraction of sp³-hybridized carbons (Fsp3) is 0.462. The SMILES string of the molecule is COc1cc(F)c(Br)cc1C(N)CC(C)(C)C(N)=O. The molecule has 6 heteroatoms. The Kier molecular flexibility index (Phi) is 4.92. The molecule has 0 aliphatic rings. The van der Waals surface area contributed by atoms with E-state index in [1.54, 1.807) is 19.9 Å². The van der Waals surface area contributed by atoms with Crippen molar-refractivity contribution in [2.75, 3.05) is 7.11 Å². The highest BCUT2D eigenvalue weighted by molar-refractivity contribution is 9.10. The van der Waals surface area contributed by atoms with Crippen molar-refractivity contribution in [3.63, 3.8) is 0 Å². The number of methoxy groups -OCH3 is 1. The van der Waals surface area contributed by atoms with Gasteiger partial charge in [0.15, 0.2) is 0 Å². The van der Waals surface area contributed by atoms with Gasteiger partial charge in [-0.2, -0.15) is 0 Å². The Morgan fingerprint density at radius 1 is 1.53 bits per heavy atom.